The van der Waals surface area contributed by atoms with Gasteiger partial charge in [-0.25, -0.2) is 8.42 Å². The Bertz CT molecular complexity index is 1260. The van der Waals surface area contributed by atoms with E-state index in [1.807, 2.05) is 57.2 Å². The van der Waals surface area contributed by atoms with Crippen molar-refractivity contribution < 1.29 is 18.0 Å². The van der Waals surface area contributed by atoms with E-state index in [-0.39, 0.29) is 17.3 Å². The molecule has 0 radical (unpaired) electrons. The van der Waals surface area contributed by atoms with Crippen LogP contribution in [0.1, 0.15) is 31.4 Å². The molecule has 0 saturated carbocycles. The van der Waals surface area contributed by atoms with E-state index >= 15 is 0 Å². The van der Waals surface area contributed by atoms with Crippen LogP contribution >= 0.6 is 0 Å². The molecule has 8 heteroatoms. The third kappa shape index (κ3) is 6.51. The number of rotatable bonds is 11. The van der Waals surface area contributed by atoms with Gasteiger partial charge in [0, 0.05) is 13.1 Å². The van der Waals surface area contributed by atoms with Crippen molar-refractivity contribution in [1.29, 1.82) is 0 Å². The van der Waals surface area contributed by atoms with Crippen LogP contribution < -0.4 is 9.62 Å². The molecule has 0 aliphatic heterocycles. The molecule has 0 spiro atoms. The lowest BCUT2D eigenvalue weighted by Gasteiger charge is -2.33. The molecule has 2 amide bonds. The largest absolute Gasteiger partial charge is 0.355 e. The second-order valence-electron chi connectivity index (χ2n) is 8.49. The van der Waals surface area contributed by atoms with Crippen LogP contribution in [0.4, 0.5) is 5.69 Å². The Morgan fingerprint density at radius 3 is 2.11 bits per heavy atom. The Labute approximate surface area is 213 Å². The molecule has 0 fully saturated rings. The van der Waals surface area contributed by atoms with E-state index in [0.717, 1.165) is 15.4 Å². The van der Waals surface area contributed by atoms with Crippen LogP contribution in [0.5, 0.6) is 0 Å². The Hall–Kier alpha value is -3.65. The molecular weight excluding hydrogens is 474 g/mol. The van der Waals surface area contributed by atoms with Crippen molar-refractivity contribution in [3.8, 4) is 0 Å². The van der Waals surface area contributed by atoms with Crippen LogP contribution in [0, 0.1) is 6.92 Å². The van der Waals surface area contributed by atoms with E-state index in [9.17, 15) is 18.0 Å². The van der Waals surface area contributed by atoms with Crippen molar-refractivity contribution >= 4 is 27.5 Å². The average Bonchev–Trinajstić information content (AvgIpc) is 2.88. The molecule has 1 unspecified atom stereocenters. The molecule has 0 aliphatic carbocycles. The second-order valence-corrected chi connectivity index (χ2v) is 10.4. The molecule has 0 heterocycles. The maximum absolute atomic E-state index is 13.8. The predicted molar refractivity (Wildman–Crippen MR) is 142 cm³/mol. The van der Waals surface area contributed by atoms with E-state index < -0.39 is 28.5 Å². The fourth-order valence-electron chi connectivity index (χ4n) is 4.02. The molecule has 3 aromatic carbocycles. The summed E-state index contributed by atoms with van der Waals surface area (Å²) in [7, 11) is -4.05. The van der Waals surface area contributed by atoms with Crippen molar-refractivity contribution in [2.75, 3.05) is 17.4 Å². The maximum Gasteiger partial charge on any atom is 0.264 e. The zero-order valence-electron chi connectivity index (χ0n) is 20.9. The van der Waals surface area contributed by atoms with Gasteiger partial charge in [-0.1, -0.05) is 67.6 Å². The van der Waals surface area contributed by atoms with Gasteiger partial charge in [-0.15, -0.1) is 0 Å². The van der Waals surface area contributed by atoms with Crippen molar-refractivity contribution in [2.45, 2.75) is 44.7 Å². The quantitative estimate of drug-likeness (QED) is 0.423. The van der Waals surface area contributed by atoms with E-state index in [4.69, 9.17) is 0 Å². The number of carbonyl (C=O) groups is 2. The highest BCUT2D eigenvalue weighted by Crippen LogP contribution is 2.25. The van der Waals surface area contributed by atoms with Gasteiger partial charge < -0.3 is 10.2 Å². The highest BCUT2D eigenvalue weighted by atomic mass is 32.2. The highest BCUT2D eigenvalue weighted by molar-refractivity contribution is 7.92. The smallest absolute Gasteiger partial charge is 0.264 e. The number of nitrogens with one attached hydrogen (secondary N) is 1. The summed E-state index contributed by atoms with van der Waals surface area (Å²) in [5, 5.41) is 2.80. The zero-order valence-corrected chi connectivity index (χ0v) is 21.7. The number of hydrogen-bond donors (Lipinski definition) is 1. The molecule has 1 N–H and O–H groups in total. The van der Waals surface area contributed by atoms with Crippen molar-refractivity contribution in [3.05, 3.63) is 96.1 Å². The van der Waals surface area contributed by atoms with Crippen LogP contribution in [0.15, 0.2) is 89.8 Å². The molecule has 0 aromatic heterocycles. The Kier molecular flexibility index (Phi) is 9.25. The first-order valence-corrected chi connectivity index (χ1v) is 13.5. The summed E-state index contributed by atoms with van der Waals surface area (Å²) in [5.41, 5.74) is 2.10. The van der Waals surface area contributed by atoms with Gasteiger partial charge in [-0.05, 0) is 55.7 Å². The third-order valence-electron chi connectivity index (χ3n) is 5.83. The van der Waals surface area contributed by atoms with Gasteiger partial charge in [-0.3, -0.25) is 13.9 Å². The molecule has 3 rings (SSSR count). The van der Waals surface area contributed by atoms with E-state index in [1.54, 1.807) is 36.4 Å². The first kappa shape index (κ1) is 26.9. The standard InChI is InChI=1S/C28H33N3O4S/c1-4-26(28(33)29-5-2)30(20-23-14-8-6-9-15-23)27(32)21-31(24-16-12-13-22(3)19-24)36(34,35)25-17-10-7-11-18-25/h6-19,26H,4-5,20-21H2,1-3H3,(H,29,33). The number of nitrogens with zero attached hydrogens (tertiary/aromatic N) is 2. The predicted octanol–water partition coefficient (Wildman–Crippen LogP) is 4.13. The molecule has 0 saturated heterocycles. The SMILES string of the molecule is CCNC(=O)C(CC)N(Cc1ccccc1)C(=O)CN(c1cccc(C)c1)S(=O)(=O)c1ccccc1. The molecule has 3 aromatic rings. The molecule has 1 atom stereocenters. The van der Waals surface area contributed by atoms with Gasteiger partial charge >= 0.3 is 0 Å². The Morgan fingerprint density at radius 1 is 0.889 bits per heavy atom. The topological polar surface area (TPSA) is 86.8 Å². The van der Waals surface area contributed by atoms with Crippen LogP contribution in [0.25, 0.3) is 0 Å². The minimum atomic E-state index is -4.05. The number of anilines is 1. The van der Waals surface area contributed by atoms with Crippen molar-refractivity contribution in [3.63, 3.8) is 0 Å². The number of carbonyl (C=O) groups excluding carboxylic acids is 2. The summed E-state index contributed by atoms with van der Waals surface area (Å²) in [6, 6.07) is 23.7. The summed E-state index contributed by atoms with van der Waals surface area (Å²) in [6.07, 6.45) is 0.389. The van der Waals surface area contributed by atoms with Crippen LogP contribution in [0.3, 0.4) is 0 Å². The average molecular weight is 508 g/mol. The van der Waals surface area contributed by atoms with E-state index in [1.165, 1.54) is 17.0 Å². The maximum atomic E-state index is 13.8. The van der Waals surface area contributed by atoms with E-state index in [2.05, 4.69) is 5.32 Å². The van der Waals surface area contributed by atoms with Crippen LogP contribution in [-0.4, -0.2) is 44.3 Å². The highest BCUT2D eigenvalue weighted by Gasteiger charge is 2.33. The monoisotopic (exact) mass is 507 g/mol. The summed E-state index contributed by atoms with van der Waals surface area (Å²) in [6.45, 7) is 5.69. The number of amides is 2. The molecule has 36 heavy (non-hydrogen) atoms. The zero-order chi connectivity index (χ0) is 26.1. The molecular formula is C28H33N3O4S. The number of benzene rings is 3. The lowest BCUT2D eigenvalue weighted by Crippen LogP contribution is -2.52. The van der Waals surface area contributed by atoms with Crippen molar-refractivity contribution in [1.82, 2.24) is 10.2 Å². The first-order valence-electron chi connectivity index (χ1n) is 12.0. The molecule has 0 aliphatic rings. The first-order chi connectivity index (χ1) is 17.3. The molecule has 190 valence electrons. The van der Waals surface area contributed by atoms with Crippen LogP contribution in [-0.2, 0) is 26.2 Å². The fourth-order valence-corrected chi connectivity index (χ4v) is 5.45. The van der Waals surface area contributed by atoms with Gasteiger partial charge in [0.2, 0.25) is 11.8 Å². The lowest BCUT2D eigenvalue weighted by atomic mass is 10.1. The minimum Gasteiger partial charge on any atom is -0.355 e. The third-order valence-corrected chi connectivity index (χ3v) is 7.62. The fraction of sp³-hybridized carbons (Fsp3) is 0.286. The van der Waals surface area contributed by atoms with Gasteiger partial charge in [0.15, 0.2) is 0 Å². The number of sulfonamides is 1. The van der Waals surface area contributed by atoms with Crippen LogP contribution in [0.2, 0.25) is 0 Å². The second kappa shape index (κ2) is 12.4. The number of aryl methyl sites for hydroxylation is 1. The Morgan fingerprint density at radius 2 is 1.53 bits per heavy atom. The van der Waals surface area contributed by atoms with E-state index in [0.29, 0.717) is 18.7 Å². The van der Waals surface area contributed by atoms with Gasteiger partial charge in [0.1, 0.15) is 12.6 Å². The van der Waals surface area contributed by atoms with Gasteiger partial charge in [-0.2, -0.15) is 0 Å². The minimum absolute atomic E-state index is 0.0877. The lowest BCUT2D eigenvalue weighted by molar-refractivity contribution is -0.140. The Balaban J connectivity index is 2.04. The number of likely N-dealkylation sites (N-methyl/N-ethyl adjacent to an activating group) is 1. The van der Waals surface area contributed by atoms with Gasteiger partial charge in [0.05, 0.1) is 10.6 Å². The normalized spacial score (nSPS) is 12.0. The summed E-state index contributed by atoms with van der Waals surface area (Å²) in [4.78, 5) is 28.3. The van der Waals surface area contributed by atoms with Gasteiger partial charge in [0.25, 0.3) is 10.0 Å². The summed E-state index contributed by atoms with van der Waals surface area (Å²) < 4.78 is 28.5. The van der Waals surface area contributed by atoms with Crippen molar-refractivity contribution in [2.24, 2.45) is 0 Å². The summed E-state index contributed by atoms with van der Waals surface area (Å²) in [5.74, 6) is -0.727. The molecule has 0 bridgehead atoms. The summed E-state index contributed by atoms with van der Waals surface area (Å²) >= 11 is 0. The number of hydrogen-bond acceptors (Lipinski definition) is 4. The molecule has 7 nitrogen and oxygen atoms in total.